The van der Waals surface area contributed by atoms with Crippen molar-refractivity contribution in [1.29, 1.82) is 0 Å². The van der Waals surface area contributed by atoms with Gasteiger partial charge in [0.2, 0.25) is 5.91 Å². The maximum atomic E-state index is 12.5. The van der Waals surface area contributed by atoms with E-state index in [2.05, 4.69) is 17.1 Å². The zero-order chi connectivity index (χ0) is 11.9. The number of likely N-dealkylation sites (tertiary alicyclic amines) is 1. The summed E-state index contributed by atoms with van der Waals surface area (Å²) in [6.45, 7) is 6.49. The zero-order valence-corrected chi connectivity index (χ0v) is 12.1. The topological polar surface area (TPSA) is 32.3 Å². The fraction of sp³-hybridized carbons (Fsp3) is 0.929. The summed E-state index contributed by atoms with van der Waals surface area (Å²) in [6.07, 6.45) is 5.87. The number of carbonyl (C=O) groups excluding carboxylic acids is 1. The minimum Gasteiger partial charge on any atom is -0.342 e. The van der Waals surface area contributed by atoms with Gasteiger partial charge in [-0.3, -0.25) is 4.79 Å². The highest BCUT2D eigenvalue weighted by Gasteiger charge is 2.42. The molecule has 2 heterocycles. The standard InChI is InChI=1S/C14H24N2O.ClH/c1-14(5-2-6-14)13(17)16-7-3-11-9-15-10-12(11)4-8-16;/h11-12,15H,2-10H2,1H3;1H/t11-,12+;. The van der Waals surface area contributed by atoms with E-state index in [0.29, 0.717) is 5.91 Å². The van der Waals surface area contributed by atoms with Crippen molar-refractivity contribution in [2.45, 2.75) is 39.0 Å². The molecule has 1 saturated carbocycles. The summed E-state index contributed by atoms with van der Waals surface area (Å²) < 4.78 is 0. The van der Waals surface area contributed by atoms with Crippen molar-refractivity contribution in [2.75, 3.05) is 26.2 Å². The Kier molecular flexibility index (Phi) is 4.22. The number of hydrogen-bond donors (Lipinski definition) is 1. The Bertz CT molecular complexity index is 303. The summed E-state index contributed by atoms with van der Waals surface area (Å²) in [5.74, 6) is 2.08. The Balaban J connectivity index is 0.00000120. The van der Waals surface area contributed by atoms with E-state index in [4.69, 9.17) is 0 Å². The van der Waals surface area contributed by atoms with Gasteiger partial charge in [0.1, 0.15) is 0 Å². The highest BCUT2D eigenvalue weighted by atomic mass is 35.5. The largest absolute Gasteiger partial charge is 0.342 e. The van der Waals surface area contributed by atoms with Crippen LogP contribution in [0.3, 0.4) is 0 Å². The summed E-state index contributed by atoms with van der Waals surface area (Å²) >= 11 is 0. The van der Waals surface area contributed by atoms with Crippen LogP contribution in [0, 0.1) is 17.3 Å². The highest BCUT2D eigenvalue weighted by Crippen LogP contribution is 2.42. The molecule has 1 N–H and O–H groups in total. The maximum absolute atomic E-state index is 12.5. The molecule has 1 aliphatic carbocycles. The lowest BCUT2D eigenvalue weighted by atomic mass is 9.69. The predicted octanol–water partition coefficient (Wildman–Crippen LogP) is 2.06. The van der Waals surface area contributed by atoms with Gasteiger partial charge in [0, 0.05) is 18.5 Å². The molecular weight excluding hydrogens is 248 g/mol. The molecule has 18 heavy (non-hydrogen) atoms. The Morgan fingerprint density at radius 2 is 1.72 bits per heavy atom. The second kappa shape index (κ2) is 5.38. The molecule has 0 aromatic rings. The molecule has 0 spiro atoms. The van der Waals surface area contributed by atoms with Crippen LogP contribution in [0.1, 0.15) is 39.0 Å². The Morgan fingerprint density at radius 3 is 2.17 bits per heavy atom. The molecule has 3 aliphatic rings. The van der Waals surface area contributed by atoms with Crippen LogP contribution in [0.15, 0.2) is 0 Å². The van der Waals surface area contributed by atoms with Gasteiger partial charge in [-0.1, -0.05) is 13.3 Å². The molecule has 2 aliphatic heterocycles. The first-order valence-electron chi connectivity index (χ1n) is 7.19. The van der Waals surface area contributed by atoms with Gasteiger partial charge in [0.05, 0.1) is 0 Å². The predicted molar refractivity (Wildman–Crippen MR) is 74.9 cm³/mol. The number of nitrogens with zero attached hydrogens (tertiary/aromatic N) is 1. The van der Waals surface area contributed by atoms with Crippen LogP contribution in [0.5, 0.6) is 0 Å². The molecule has 1 amide bonds. The van der Waals surface area contributed by atoms with Crippen molar-refractivity contribution in [3.63, 3.8) is 0 Å². The van der Waals surface area contributed by atoms with E-state index in [9.17, 15) is 4.79 Å². The SMILES string of the molecule is CC1(C(=O)N2CC[C@@H]3CNC[C@@H]3CC2)CCC1.Cl. The minimum absolute atomic E-state index is 0. The normalized spacial score (nSPS) is 33.9. The Labute approximate surface area is 116 Å². The number of carbonyl (C=O) groups is 1. The molecule has 2 saturated heterocycles. The average molecular weight is 273 g/mol. The van der Waals surface area contributed by atoms with Crippen molar-refractivity contribution in [1.82, 2.24) is 10.2 Å². The molecule has 3 rings (SSSR count). The number of fused-ring (bicyclic) bond motifs is 1. The van der Waals surface area contributed by atoms with Crippen molar-refractivity contribution in [2.24, 2.45) is 17.3 Å². The quantitative estimate of drug-likeness (QED) is 0.793. The molecule has 0 radical (unpaired) electrons. The second-order valence-electron chi connectivity index (χ2n) is 6.46. The van der Waals surface area contributed by atoms with Crippen molar-refractivity contribution in [3.8, 4) is 0 Å². The summed E-state index contributed by atoms with van der Waals surface area (Å²) in [4.78, 5) is 14.6. The third-order valence-corrected chi connectivity index (χ3v) is 5.28. The highest BCUT2D eigenvalue weighted by molar-refractivity contribution is 5.85. The van der Waals surface area contributed by atoms with Gasteiger partial charge >= 0.3 is 0 Å². The van der Waals surface area contributed by atoms with Crippen LogP contribution >= 0.6 is 12.4 Å². The van der Waals surface area contributed by atoms with E-state index >= 15 is 0 Å². The first-order chi connectivity index (χ1) is 8.19. The van der Waals surface area contributed by atoms with Gasteiger partial charge in [-0.2, -0.15) is 0 Å². The summed E-state index contributed by atoms with van der Waals surface area (Å²) in [5.41, 5.74) is -0.00228. The molecule has 3 fully saturated rings. The molecule has 3 nitrogen and oxygen atoms in total. The summed E-state index contributed by atoms with van der Waals surface area (Å²) in [6, 6.07) is 0. The van der Waals surface area contributed by atoms with E-state index in [1.54, 1.807) is 0 Å². The molecule has 4 heteroatoms. The molecule has 2 atom stereocenters. The number of halogens is 1. The summed E-state index contributed by atoms with van der Waals surface area (Å²) in [5, 5.41) is 3.49. The molecule has 0 bridgehead atoms. The van der Waals surface area contributed by atoms with Gasteiger partial charge in [-0.15, -0.1) is 12.4 Å². The van der Waals surface area contributed by atoms with Gasteiger partial charge in [-0.25, -0.2) is 0 Å². The van der Waals surface area contributed by atoms with E-state index in [1.165, 1.54) is 32.4 Å². The lowest BCUT2D eigenvalue weighted by molar-refractivity contribution is -0.146. The van der Waals surface area contributed by atoms with Crippen molar-refractivity contribution >= 4 is 18.3 Å². The molecular formula is C14H25ClN2O. The smallest absolute Gasteiger partial charge is 0.228 e. The second-order valence-corrected chi connectivity index (χ2v) is 6.46. The molecule has 0 aromatic carbocycles. The van der Waals surface area contributed by atoms with Crippen molar-refractivity contribution in [3.05, 3.63) is 0 Å². The van der Waals surface area contributed by atoms with Crippen molar-refractivity contribution < 1.29 is 4.79 Å². The number of hydrogen-bond acceptors (Lipinski definition) is 2. The van der Waals surface area contributed by atoms with Gasteiger partial charge in [-0.05, 0) is 50.6 Å². The lowest BCUT2D eigenvalue weighted by Gasteiger charge is -2.40. The summed E-state index contributed by atoms with van der Waals surface area (Å²) in [7, 11) is 0. The van der Waals surface area contributed by atoms with E-state index in [-0.39, 0.29) is 17.8 Å². The number of nitrogens with one attached hydrogen (secondary N) is 1. The third-order valence-electron chi connectivity index (χ3n) is 5.28. The van der Waals surface area contributed by atoms with Crippen LogP contribution in [-0.4, -0.2) is 37.0 Å². The Morgan fingerprint density at radius 1 is 1.17 bits per heavy atom. The fourth-order valence-electron chi connectivity index (χ4n) is 3.72. The lowest BCUT2D eigenvalue weighted by Crippen LogP contribution is -2.46. The van der Waals surface area contributed by atoms with Gasteiger partial charge in [0.15, 0.2) is 0 Å². The number of amides is 1. The van der Waals surface area contributed by atoms with Crippen LogP contribution < -0.4 is 5.32 Å². The number of rotatable bonds is 1. The molecule has 0 aromatic heterocycles. The van der Waals surface area contributed by atoms with Crippen LogP contribution in [-0.2, 0) is 4.79 Å². The average Bonchev–Trinajstić information content (AvgIpc) is 2.64. The monoisotopic (exact) mass is 272 g/mol. The Hall–Kier alpha value is -0.280. The molecule has 0 unspecified atom stereocenters. The first kappa shape index (κ1) is 14.1. The third kappa shape index (κ3) is 2.39. The van der Waals surface area contributed by atoms with Gasteiger partial charge in [0.25, 0.3) is 0 Å². The first-order valence-corrected chi connectivity index (χ1v) is 7.19. The van der Waals surface area contributed by atoms with Crippen LogP contribution in [0.2, 0.25) is 0 Å². The maximum Gasteiger partial charge on any atom is 0.228 e. The van der Waals surface area contributed by atoms with E-state index in [0.717, 1.165) is 37.8 Å². The van der Waals surface area contributed by atoms with Crippen LogP contribution in [0.4, 0.5) is 0 Å². The minimum atomic E-state index is -0.00228. The zero-order valence-electron chi connectivity index (χ0n) is 11.3. The fourth-order valence-corrected chi connectivity index (χ4v) is 3.72. The van der Waals surface area contributed by atoms with Gasteiger partial charge < -0.3 is 10.2 Å². The molecule has 104 valence electrons. The van der Waals surface area contributed by atoms with E-state index in [1.807, 2.05) is 0 Å². The van der Waals surface area contributed by atoms with E-state index < -0.39 is 0 Å². The van der Waals surface area contributed by atoms with Crippen LogP contribution in [0.25, 0.3) is 0 Å².